The first-order valence-electron chi connectivity index (χ1n) is 7.59. The highest BCUT2D eigenvalue weighted by molar-refractivity contribution is 5.54. The second-order valence-corrected chi connectivity index (χ2v) is 5.84. The van der Waals surface area contributed by atoms with E-state index in [0.29, 0.717) is 6.04 Å². The fourth-order valence-corrected chi connectivity index (χ4v) is 2.24. The Bertz CT molecular complexity index is 360. The molecule has 0 aromatic heterocycles. The highest BCUT2D eigenvalue weighted by atomic mass is 15.1. The average molecular weight is 262 g/mol. The minimum atomic E-state index is 0.414. The lowest BCUT2D eigenvalue weighted by Gasteiger charge is -2.26. The number of anilines is 1. The van der Waals surface area contributed by atoms with E-state index in [2.05, 4.69) is 69.2 Å². The van der Waals surface area contributed by atoms with Gasteiger partial charge in [-0.2, -0.15) is 0 Å². The van der Waals surface area contributed by atoms with Gasteiger partial charge < -0.3 is 10.2 Å². The number of nitrogens with one attached hydrogen (secondary N) is 1. The Balaban J connectivity index is 2.76. The maximum atomic E-state index is 3.58. The molecule has 0 heterocycles. The fraction of sp³-hybridized carbons (Fsp3) is 0.647. The Labute approximate surface area is 119 Å². The summed E-state index contributed by atoms with van der Waals surface area (Å²) in [6, 6.07) is 9.17. The first-order chi connectivity index (χ1) is 9.06. The van der Waals surface area contributed by atoms with Crippen LogP contribution in [0.15, 0.2) is 24.3 Å². The molecule has 0 bridgehead atoms. The van der Waals surface area contributed by atoms with Gasteiger partial charge in [0.1, 0.15) is 0 Å². The van der Waals surface area contributed by atoms with Gasteiger partial charge in [0.25, 0.3) is 0 Å². The van der Waals surface area contributed by atoms with Crippen molar-refractivity contribution in [3.8, 4) is 0 Å². The van der Waals surface area contributed by atoms with E-state index >= 15 is 0 Å². The third-order valence-electron chi connectivity index (χ3n) is 3.56. The molecule has 1 atom stereocenters. The molecule has 1 aromatic rings. The van der Waals surface area contributed by atoms with Gasteiger partial charge in [-0.15, -0.1) is 0 Å². The van der Waals surface area contributed by atoms with Crippen LogP contribution in [-0.4, -0.2) is 20.1 Å². The van der Waals surface area contributed by atoms with Crippen molar-refractivity contribution in [3.63, 3.8) is 0 Å². The molecule has 0 radical (unpaired) electrons. The van der Waals surface area contributed by atoms with E-state index in [-0.39, 0.29) is 0 Å². The van der Waals surface area contributed by atoms with E-state index in [4.69, 9.17) is 0 Å². The molecule has 0 spiro atoms. The van der Waals surface area contributed by atoms with Crippen molar-refractivity contribution in [2.45, 2.75) is 46.6 Å². The van der Waals surface area contributed by atoms with Crippen molar-refractivity contribution < 1.29 is 0 Å². The molecular weight excluding hydrogens is 232 g/mol. The molecule has 0 aliphatic rings. The SMILES string of the molecule is CCCNC(C)c1ccccc1N(C)CCC(C)C. The van der Waals surface area contributed by atoms with E-state index in [1.807, 2.05) is 0 Å². The van der Waals surface area contributed by atoms with Crippen molar-refractivity contribution in [3.05, 3.63) is 29.8 Å². The Morgan fingerprint density at radius 2 is 1.84 bits per heavy atom. The van der Waals surface area contributed by atoms with Crippen molar-refractivity contribution in [2.24, 2.45) is 5.92 Å². The van der Waals surface area contributed by atoms with Gasteiger partial charge in [-0.25, -0.2) is 0 Å². The molecule has 0 amide bonds. The van der Waals surface area contributed by atoms with Crippen LogP contribution >= 0.6 is 0 Å². The zero-order chi connectivity index (χ0) is 14.3. The predicted molar refractivity (Wildman–Crippen MR) is 85.9 cm³/mol. The van der Waals surface area contributed by atoms with Crippen LogP contribution in [0.4, 0.5) is 5.69 Å². The first-order valence-corrected chi connectivity index (χ1v) is 7.59. The van der Waals surface area contributed by atoms with Crippen LogP contribution in [0.25, 0.3) is 0 Å². The minimum Gasteiger partial charge on any atom is -0.374 e. The molecule has 19 heavy (non-hydrogen) atoms. The molecule has 108 valence electrons. The van der Waals surface area contributed by atoms with Crippen molar-refractivity contribution in [1.82, 2.24) is 5.32 Å². The molecule has 0 saturated heterocycles. The molecule has 1 N–H and O–H groups in total. The summed E-state index contributed by atoms with van der Waals surface area (Å²) < 4.78 is 0. The summed E-state index contributed by atoms with van der Waals surface area (Å²) in [6.45, 7) is 11.2. The first kappa shape index (κ1) is 16.0. The number of hydrogen-bond acceptors (Lipinski definition) is 2. The van der Waals surface area contributed by atoms with Crippen molar-refractivity contribution in [1.29, 1.82) is 0 Å². The summed E-state index contributed by atoms with van der Waals surface area (Å²) in [5.41, 5.74) is 2.77. The summed E-state index contributed by atoms with van der Waals surface area (Å²) in [6.07, 6.45) is 2.41. The van der Waals surface area contributed by atoms with Crippen LogP contribution in [0.3, 0.4) is 0 Å². The zero-order valence-electron chi connectivity index (χ0n) is 13.2. The summed E-state index contributed by atoms with van der Waals surface area (Å²) >= 11 is 0. The highest BCUT2D eigenvalue weighted by Crippen LogP contribution is 2.25. The summed E-state index contributed by atoms with van der Waals surface area (Å²) in [4.78, 5) is 2.39. The monoisotopic (exact) mass is 262 g/mol. The normalized spacial score (nSPS) is 12.7. The Hall–Kier alpha value is -1.02. The van der Waals surface area contributed by atoms with E-state index in [1.54, 1.807) is 0 Å². The van der Waals surface area contributed by atoms with Gasteiger partial charge in [0.05, 0.1) is 0 Å². The quantitative estimate of drug-likeness (QED) is 0.754. The van der Waals surface area contributed by atoms with Gasteiger partial charge in [-0.1, -0.05) is 39.0 Å². The number of rotatable bonds is 8. The second kappa shape index (κ2) is 8.21. The molecule has 1 rings (SSSR count). The predicted octanol–water partition coefficient (Wildman–Crippen LogP) is 4.23. The van der Waals surface area contributed by atoms with Crippen LogP contribution in [0, 0.1) is 5.92 Å². The van der Waals surface area contributed by atoms with E-state index in [0.717, 1.165) is 19.0 Å². The molecule has 0 fully saturated rings. The topological polar surface area (TPSA) is 15.3 Å². The maximum Gasteiger partial charge on any atom is 0.0412 e. The van der Waals surface area contributed by atoms with Gasteiger partial charge in [0.2, 0.25) is 0 Å². The van der Waals surface area contributed by atoms with Crippen LogP contribution < -0.4 is 10.2 Å². The minimum absolute atomic E-state index is 0.414. The lowest BCUT2D eigenvalue weighted by molar-refractivity contribution is 0.563. The van der Waals surface area contributed by atoms with Crippen molar-refractivity contribution >= 4 is 5.69 Å². The smallest absolute Gasteiger partial charge is 0.0412 e. The van der Waals surface area contributed by atoms with Crippen LogP contribution in [-0.2, 0) is 0 Å². The number of benzene rings is 1. The zero-order valence-corrected chi connectivity index (χ0v) is 13.2. The number of nitrogens with zero attached hydrogens (tertiary/aromatic N) is 1. The van der Waals surface area contributed by atoms with E-state index < -0.39 is 0 Å². The van der Waals surface area contributed by atoms with Gasteiger partial charge in [-0.3, -0.25) is 0 Å². The van der Waals surface area contributed by atoms with Gasteiger partial charge >= 0.3 is 0 Å². The molecule has 0 saturated carbocycles. The number of hydrogen-bond donors (Lipinski definition) is 1. The molecular formula is C17H30N2. The molecule has 2 nitrogen and oxygen atoms in total. The largest absolute Gasteiger partial charge is 0.374 e. The Kier molecular flexibility index (Phi) is 6.93. The van der Waals surface area contributed by atoms with E-state index in [1.165, 1.54) is 24.1 Å². The molecule has 2 heteroatoms. The van der Waals surface area contributed by atoms with Crippen LogP contribution in [0.5, 0.6) is 0 Å². The summed E-state index contributed by atoms with van der Waals surface area (Å²) in [5, 5.41) is 3.58. The number of para-hydroxylation sites is 1. The average Bonchev–Trinajstić information content (AvgIpc) is 2.42. The van der Waals surface area contributed by atoms with Gasteiger partial charge in [0, 0.05) is 25.3 Å². The Morgan fingerprint density at radius 3 is 2.47 bits per heavy atom. The highest BCUT2D eigenvalue weighted by Gasteiger charge is 2.12. The second-order valence-electron chi connectivity index (χ2n) is 5.84. The molecule has 1 aromatic carbocycles. The summed E-state index contributed by atoms with van der Waals surface area (Å²) in [7, 11) is 2.20. The van der Waals surface area contributed by atoms with Crippen LogP contribution in [0.1, 0.15) is 52.1 Å². The standard InChI is InChI=1S/C17H30N2/c1-6-12-18-15(4)16-9-7-8-10-17(16)19(5)13-11-14(2)3/h7-10,14-15,18H,6,11-13H2,1-5H3. The molecule has 1 unspecified atom stereocenters. The van der Waals surface area contributed by atoms with Crippen LogP contribution in [0.2, 0.25) is 0 Å². The lowest BCUT2D eigenvalue weighted by Crippen LogP contribution is -2.25. The fourth-order valence-electron chi connectivity index (χ4n) is 2.24. The lowest BCUT2D eigenvalue weighted by atomic mass is 10.0. The molecule has 0 aliphatic heterocycles. The Morgan fingerprint density at radius 1 is 1.16 bits per heavy atom. The summed E-state index contributed by atoms with van der Waals surface area (Å²) in [5.74, 6) is 0.755. The van der Waals surface area contributed by atoms with Gasteiger partial charge in [0.15, 0.2) is 0 Å². The van der Waals surface area contributed by atoms with E-state index in [9.17, 15) is 0 Å². The third kappa shape index (κ3) is 5.23. The maximum absolute atomic E-state index is 3.58. The molecule has 0 aliphatic carbocycles. The van der Waals surface area contributed by atoms with Gasteiger partial charge in [-0.05, 0) is 43.9 Å². The van der Waals surface area contributed by atoms with Crippen molar-refractivity contribution in [2.75, 3.05) is 25.0 Å². The third-order valence-corrected chi connectivity index (χ3v) is 3.56.